The van der Waals surface area contributed by atoms with Gasteiger partial charge < -0.3 is 48.6 Å². The number of ether oxygens (including phenoxy) is 7. The van der Waals surface area contributed by atoms with Crippen LogP contribution >= 0.6 is 0 Å². The first-order chi connectivity index (χ1) is 26.4. The van der Waals surface area contributed by atoms with E-state index < -0.39 is 66.2 Å². The molecule has 55 heavy (non-hydrogen) atoms. The number of allylic oxidation sites excluding steroid dienone is 2. The summed E-state index contributed by atoms with van der Waals surface area (Å²) in [6.07, 6.45) is 14.4. The molecule has 2 bridgehead atoms. The van der Waals surface area contributed by atoms with Gasteiger partial charge in [0.05, 0.1) is 37.1 Å². The highest BCUT2D eigenvalue weighted by atomic mass is 16.7. The van der Waals surface area contributed by atoms with Crippen molar-refractivity contribution in [1.82, 2.24) is 0 Å². The number of rotatable bonds is 4. The Bertz CT molecular complexity index is 1550. The third-order valence-corrected chi connectivity index (χ3v) is 13.6. The van der Waals surface area contributed by atoms with Gasteiger partial charge in [0.15, 0.2) is 12.1 Å². The first kappa shape index (κ1) is 40.8. The number of carbonyl (C=O) groups is 1. The zero-order valence-corrected chi connectivity index (χ0v) is 33.4. The summed E-state index contributed by atoms with van der Waals surface area (Å²) in [4.78, 5) is 14.4. The summed E-state index contributed by atoms with van der Waals surface area (Å²) in [5.41, 5.74) is 0.362. The Balaban J connectivity index is 1.25. The first-order valence-electron chi connectivity index (χ1n) is 20.7. The van der Waals surface area contributed by atoms with Crippen molar-refractivity contribution in [2.24, 2.45) is 28.8 Å². The molecule has 4 saturated heterocycles. The number of esters is 1. The van der Waals surface area contributed by atoms with Crippen molar-refractivity contribution in [3.8, 4) is 0 Å². The number of hydrogen-bond donors (Lipinski definition) is 3. The molecule has 0 radical (unpaired) electrons. The molecule has 1 saturated carbocycles. The molecule has 0 amide bonds. The van der Waals surface area contributed by atoms with Gasteiger partial charge in [0.1, 0.15) is 35.5 Å². The van der Waals surface area contributed by atoms with Crippen molar-refractivity contribution >= 4 is 11.7 Å². The molecular formula is C43H63NO11. The Labute approximate surface area is 325 Å². The largest absolute Gasteiger partial charge is 0.462 e. The quantitative estimate of drug-likeness (QED) is 0.132. The Hall–Kier alpha value is -2.42. The second-order valence-electron chi connectivity index (χ2n) is 17.4. The summed E-state index contributed by atoms with van der Waals surface area (Å²) in [5, 5.41) is 36.7. The molecule has 2 aliphatic carbocycles. The van der Waals surface area contributed by atoms with E-state index in [4.69, 9.17) is 33.2 Å². The van der Waals surface area contributed by atoms with Gasteiger partial charge >= 0.3 is 5.97 Å². The summed E-state index contributed by atoms with van der Waals surface area (Å²) in [6, 6.07) is 0. The average molecular weight is 770 g/mol. The Morgan fingerprint density at radius 2 is 1.80 bits per heavy atom. The molecule has 0 aromatic rings. The first-order valence-corrected chi connectivity index (χ1v) is 20.7. The smallest absolute Gasteiger partial charge is 0.316 e. The molecule has 0 aromatic heterocycles. The van der Waals surface area contributed by atoms with E-state index in [9.17, 15) is 20.2 Å². The lowest BCUT2D eigenvalue weighted by Gasteiger charge is -2.51. The second kappa shape index (κ2) is 16.8. The van der Waals surface area contributed by atoms with Crippen LogP contribution in [-0.4, -0.2) is 107 Å². The minimum Gasteiger partial charge on any atom is -0.462 e. The van der Waals surface area contributed by atoms with Gasteiger partial charge in [-0.2, -0.15) is 0 Å². The van der Waals surface area contributed by atoms with Gasteiger partial charge in [0.25, 0.3) is 0 Å². The SMILES string of the molecule is CO[C@H]1C[C@H](O[C@H]2/C(C)=C\C[C@@H]3C[C@@H](C[C@]4(CC[C@H](C)[C@@H](C5CCCCC5)O4)O3)OC(=O)[C@@H]3C=C(C)/C(=N/O)[C@H]4OC/C(=C\C=C\[C@H]2C)[C@]43O)O[C@@H](C)[C@@H]1O. The lowest BCUT2D eigenvalue weighted by molar-refractivity contribution is -0.342. The molecule has 14 atom stereocenters. The number of hydrogen-bond acceptors (Lipinski definition) is 12. The number of aliphatic hydroxyl groups is 2. The molecule has 306 valence electrons. The van der Waals surface area contributed by atoms with Crippen LogP contribution in [0.25, 0.3) is 0 Å². The molecule has 5 aliphatic heterocycles. The predicted octanol–water partition coefficient (Wildman–Crippen LogP) is 6.07. The number of methoxy groups -OCH3 is 1. The van der Waals surface area contributed by atoms with E-state index in [1.54, 1.807) is 26.2 Å². The van der Waals surface area contributed by atoms with Gasteiger partial charge in [-0.25, -0.2) is 0 Å². The van der Waals surface area contributed by atoms with E-state index in [-0.39, 0.29) is 30.4 Å². The number of oxime groups is 1. The van der Waals surface area contributed by atoms with Crippen molar-refractivity contribution < 1.29 is 53.4 Å². The van der Waals surface area contributed by atoms with Crippen LogP contribution in [0.3, 0.4) is 0 Å². The van der Waals surface area contributed by atoms with Crippen LogP contribution in [-0.2, 0) is 38.0 Å². The van der Waals surface area contributed by atoms with Gasteiger partial charge in [-0.1, -0.05) is 68.6 Å². The van der Waals surface area contributed by atoms with E-state index in [1.165, 1.54) is 19.3 Å². The van der Waals surface area contributed by atoms with Crippen LogP contribution in [0.4, 0.5) is 0 Å². The second-order valence-corrected chi connectivity index (χ2v) is 17.4. The van der Waals surface area contributed by atoms with Gasteiger partial charge in [0, 0.05) is 38.7 Å². The number of carbonyl (C=O) groups excluding carboxylic acids is 1. The molecule has 12 heteroatoms. The van der Waals surface area contributed by atoms with E-state index in [0.29, 0.717) is 55.1 Å². The summed E-state index contributed by atoms with van der Waals surface area (Å²) in [6.45, 7) is 10.0. The molecule has 3 N–H and O–H groups in total. The van der Waals surface area contributed by atoms with Crippen molar-refractivity contribution in [3.05, 3.63) is 47.1 Å². The maximum absolute atomic E-state index is 14.4. The van der Waals surface area contributed by atoms with Gasteiger partial charge in [0.2, 0.25) is 0 Å². The summed E-state index contributed by atoms with van der Waals surface area (Å²) < 4.78 is 45.1. The van der Waals surface area contributed by atoms with E-state index in [2.05, 4.69) is 32.0 Å². The molecular weight excluding hydrogens is 706 g/mol. The predicted molar refractivity (Wildman–Crippen MR) is 203 cm³/mol. The molecule has 0 aromatic carbocycles. The Kier molecular flexibility index (Phi) is 12.5. The molecule has 12 nitrogen and oxygen atoms in total. The molecule has 7 aliphatic rings. The fourth-order valence-corrected chi connectivity index (χ4v) is 10.4. The maximum Gasteiger partial charge on any atom is 0.316 e. The monoisotopic (exact) mass is 769 g/mol. The highest BCUT2D eigenvalue weighted by molar-refractivity contribution is 6.06. The number of nitrogens with zero attached hydrogens (tertiary/aromatic N) is 1. The summed E-state index contributed by atoms with van der Waals surface area (Å²) in [5.74, 6) is -1.83. The van der Waals surface area contributed by atoms with Crippen LogP contribution in [0.2, 0.25) is 0 Å². The van der Waals surface area contributed by atoms with E-state index in [0.717, 1.165) is 24.8 Å². The molecule has 5 fully saturated rings. The van der Waals surface area contributed by atoms with Crippen LogP contribution in [0.5, 0.6) is 0 Å². The molecule has 5 heterocycles. The normalized spacial score (nSPS) is 47.9. The van der Waals surface area contributed by atoms with Gasteiger partial charge in [-0.05, 0) is 75.0 Å². The Morgan fingerprint density at radius 1 is 1.02 bits per heavy atom. The van der Waals surface area contributed by atoms with Gasteiger partial charge in [-0.15, -0.1) is 0 Å². The van der Waals surface area contributed by atoms with Crippen LogP contribution in [0, 0.1) is 23.7 Å². The topological polar surface area (TPSA) is 155 Å². The number of aliphatic hydroxyl groups excluding tert-OH is 1. The summed E-state index contributed by atoms with van der Waals surface area (Å²) in [7, 11) is 1.59. The molecule has 7 rings (SSSR count). The van der Waals surface area contributed by atoms with E-state index in [1.807, 2.05) is 19.1 Å². The average Bonchev–Trinajstić information content (AvgIpc) is 3.50. The third kappa shape index (κ3) is 8.17. The maximum atomic E-state index is 14.4. The Morgan fingerprint density at radius 3 is 2.55 bits per heavy atom. The molecule has 1 spiro atoms. The van der Waals surface area contributed by atoms with Crippen molar-refractivity contribution in [2.75, 3.05) is 13.7 Å². The summed E-state index contributed by atoms with van der Waals surface area (Å²) >= 11 is 0. The lowest BCUT2D eigenvalue weighted by Crippen LogP contribution is -2.57. The van der Waals surface area contributed by atoms with Crippen molar-refractivity contribution in [3.63, 3.8) is 0 Å². The van der Waals surface area contributed by atoms with Crippen LogP contribution in [0.1, 0.15) is 105 Å². The van der Waals surface area contributed by atoms with Crippen LogP contribution < -0.4 is 0 Å². The minimum absolute atomic E-state index is 0.0359. The fraction of sp³-hybridized carbons (Fsp3) is 0.767. The standard InChI is InChI=1S/C43H63NO11/c1-24-11-10-14-30-23-50-40-36(44-48)27(4)19-33(43(30,40)47)41(46)52-32-20-31(16-15-25(2)38(24)53-35-21-34(49-6)37(45)28(5)51-35)54-42(22-32)18-17-26(3)39(55-42)29-12-8-7-9-13-29/h10-11,14-15,19,24,26,28-29,31-35,37-40,45,47-48H,7-9,12-13,16-18,20-23H2,1-6H3/b11-10+,25-15-,30-14+,44-36-/t24-,26+,28+,31-,32+,33+,34+,35+,37+,38-,39+,40-,42-,43-/m1/s1. The fourth-order valence-electron chi connectivity index (χ4n) is 10.4. The highest BCUT2D eigenvalue weighted by Crippen LogP contribution is 2.48. The zero-order valence-electron chi connectivity index (χ0n) is 33.4. The molecule has 0 unspecified atom stereocenters. The minimum atomic E-state index is -1.83. The van der Waals surface area contributed by atoms with Crippen molar-refractivity contribution in [2.45, 2.75) is 172 Å². The van der Waals surface area contributed by atoms with E-state index >= 15 is 0 Å². The number of fused-ring (bicyclic) bond motifs is 2. The lowest BCUT2D eigenvalue weighted by atomic mass is 9.71. The highest BCUT2D eigenvalue weighted by Gasteiger charge is 2.60. The zero-order chi connectivity index (χ0) is 39.1. The van der Waals surface area contributed by atoms with Crippen LogP contribution in [0.15, 0.2) is 52.3 Å². The van der Waals surface area contributed by atoms with Crippen molar-refractivity contribution in [1.29, 1.82) is 0 Å². The van der Waals surface area contributed by atoms with Gasteiger partial charge in [-0.3, -0.25) is 4.79 Å². The third-order valence-electron chi connectivity index (χ3n) is 13.6.